The first-order valence-electron chi connectivity index (χ1n) is 13.2. The number of anilines is 1. The predicted molar refractivity (Wildman–Crippen MR) is 155 cm³/mol. The maximum Gasteiger partial charge on any atom is 0.276 e. The fourth-order valence-electron chi connectivity index (χ4n) is 4.74. The van der Waals surface area contributed by atoms with E-state index in [-0.39, 0.29) is 5.91 Å². The molecule has 0 aliphatic rings. The molecule has 2 aromatic carbocycles. The molecule has 0 unspecified atom stereocenters. The summed E-state index contributed by atoms with van der Waals surface area (Å²) < 4.78 is 21.1. The Morgan fingerprint density at radius 3 is 2.48 bits per heavy atom. The number of amides is 1. The minimum absolute atomic E-state index is 0.312. The fraction of sp³-hybridized carbons (Fsp3) is 0.310. The van der Waals surface area contributed by atoms with Crippen molar-refractivity contribution in [1.29, 1.82) is 5.26 Å². The van der Waals surface area contributed by atoms with Crippen LogP contribution in [0, 0.1) is 25.2 Å². The Labute approximate surface area is 233 Å². The lowest BCUT2D eigenvalue weighted by Gasteiger charge is -2.16. The molecule has 1 amide bonds. The number of nitrogens with one attached hydrogen (secondary N) is 1. The van der Waals surface area contributed by atoms with Gasteiger partial charge < -0.3 is 18.0 Å². The summed E-state index contributed by atoms with van der Waals surface area (Å²) in [6.45, 7) is 11.7. The van der Waals surface area contributed by atoms with E-state index in [0.29, 0.717) is 60.4 Å². The van der Waals surface area contributed by atoms with Crippen LogP contribution in [0.25, 0.3) is 22.0 Å². The van der Waals surface area contributed by atoms with Gasteiger partial charge in [-0.25, -0.2) is 4.98 Å². The van der Waals surface area contributed by atoms with Gasteiger partial charge in [0.05, 0.1) is 42.0 Å². The van der Waals surface area contributed by atoms with Crippen molar-refractivity contribution in [3.63, 3.8) is 0 Å². The molecular formula is C29H31N6O4P. The zero-order chi connectivity index (χ0) is 28.4. The van der Waals surface area contributed by atoms with Gasteiger partial charge in [-0.3, -0.25) is 14.8 Å². The van der Waals surface area contributed by atoms with Gasteiger partial charge in [-0.2, -0.15) is 10.4 Å². The van der Waals surface area contributed by atoms with Crippen molar-refractivity contribution in [3.8, 4) is 6.07 Å². The molecule has 1 N–H and O–H groups in total. The summed E-state index contributed by atoms with van der Waals surface area (Å²) in [5, 5.41) is 18.9. The van der Waals surface area contributed by atoms with Crippen LogP contribution >= 0.6 is 8.38 Å². The number of carbonyl (C=O) groups is 1. The average Bonchev–Trinajstić information content (AvgIpc) is 3.62. The number of imidazole rings is 1. The average molecular weight is 559 g/mol. The Kier molecular flexibility index (Phi) is 7.99. The Morgan fingerprint density at radius 2 is 1.82 bits per heavy atom. The molecule has 5 rings (SSSR count). The van der Waals surface area contributed by atoms with E-state index in [4.69, 9.17) is 18.4 Å². The van der Waals surface area contributed by atoms with Crippen molar-refractivity contribution < 1.29 is 18.3 Å². The smallest absolute Gasteiger partial charge is 0.276 e. The van der Waals surface area contributed by atoms with Gasteiger partial charge in [0.15, 0.2) is 5.58 Å². The van der Waals surface area contributed by atoms with Gasteiger partial charge in [0, 0.05) is 17.2 Å². The van der Waals surface area contributed by atoms with Crippen LogP contribution in [0.4, 0.5) is 5.95 Å². The summed E-state index contributed by atoms with van der Waals surface area (Å²) in [4.78, 5) is 18.2. The highest BCUT2D eigenvalue weighted by Crippen LogP contribution is 2.37. The SMILES string of the molecule is CCOP(OCC)c1ccc(Cn2c(NC(=O)c3cc(C)nn3CC)nc3cc(C#N)c4oc(C)cc4c32)cc1. The van der Waals surface area contributed by atoms with E-state index in [9.17, 15) is 10.1 Å². The van der Waals surface area contributed by atoms with Crippen molar-refractivity contribution in [2.24, 2.45) is 0 Å². The second-order valence-corrected chi connectivity index (χ2v) is 10.8. The van der Waals surface area contributed by atoms with Gasteiger partial charge >= 0.3 is 0 Å². The van der Waals surface area contributed by atoms with Gasteiger partial charge in [0.1, 0.15) is 17.5 Å². The molecule has 3 aromatic heterocycles. The first-order chi connectivity index (χ1) is 19.4. The molecule has 10 nitrogen and oxygen atoms in total. The van der Waals surface area contributed by atoms with E-state index in [1.807, 2.05) is 69.5 Å². The van der Waals surface area contributed by atoms with Crippen LogP contribution in [0.15, 0.2) is 46.9 Å². The number of aryl methyl sites for hydroxylation is 3. The van der Waals surface area contributed by atoms with Gasteiger partial charge in [0.2, 0.25) is 14.3 Å². The lowest BCUT2D eigenvalue weighted by molar-refractivity contribution is 0.101. The van der Waals surface area contributed by atoms with Crippen molar-refractivity contribution in [3.05, 3.63) is 70.7 Å². The number of carbonyl (C=O) groups excluding carboxylic acids is 1. The number of hydrogen-bond donors (Lipinski definition) is 1. The minimum Gasteiger partial charge on any atom is -0.460 e. The van der Waals surface area contributed by atoms with Gasteiger partial charge in [-0.05, 0) is 70.5 Å². The Bertz CT molecular complexity index is 1720. The highest BCUT2D eigenvalue weighted by atomic mass is 31.2. The molecular weight excluding hydrogens is 527 g/mol. The molecule has 5 aromatic rings. The molecule has 0 aliphatic carbocycles. The second kappa shape index (κ2) is 11.6. The molecule has 3 heterocycles. The van der Waals surface area contributed by atoms with E-state index in [1.165, 1.54) is 0 Å². The largest absolute Gasteiger partial charge is 0.460 e. The quantitative estimate of drug-likeness (QED) is 0.215. The number of hydrogen-bond acceptors (Lipinski definition) is 7. The van der Waals surface area contributed by atoms with Crippen LogP contribution in [0.1, 0.15) is 53.8 Å². The van der Waals surface area contributed by atoms with Crippen molar-refractivity contribution >= 4 is 47.5 Å². The molecule has 0 atom stereocenters. The molecule has 0 radical (unpaired) electrons. The number of nitrogens with zero attached hydrogens (tertiary/aromatic N) is 5. The highest BCUT2D eigenvalue weighted by molar-refractivity contribution is 7.56. The summed E-state index contributed by atoms with van der Waals surface area (Å²) in [6, 6.07) is 15.6. The van der Waals surface area contributed by atoms with E-state index in [1.54, 1.807) is 16.8 Å². The third-order valence-corrected chi connectivity index (χ3v) is 8.10. The normalized spacial score (nSPS) is 11.5. The fourth-order valence-corrected chi connectivity index (χ4v) is 5.98. The van der Waals surface area contributed by atoms with Gasteiger partial charge in [0.25, 0.3) is 5.91 Å². The second-order valence-electron chi connectivity index (χ2n) is 9.23. The molecule has 0 saturated carbocycles. The van der Waals surface area contributed by atoms with E-state index >= 15 is 0 Å². The summed E-state index contributed by atoms with van der Waals surface area (Å²) >= 11 is 0. The van der Waals surface area contributed by atoms with Crippen LogP contribution in [-0.2, 0) is 22.1 Å². The number of nitriles is 1. The Balaban J connectivity index is 1.60. The van der Waals surface area contributed by atoms with Crippen LogP contribution in [0.5, 0.6) is 0 Å². The predicted octanol–water partition coefficient (Wildman–Crippen LogP) is 5.80. The highest BCUT2D eigenvalue weighted by Gasteiger charge is 2.22. The Hall–Kier alpha value is -4.03. The molecule has 11 heteroatoms. The molecule has 0 fully saturated rings. The molecule has 0 bridgehead atoms. The number of furan rings is 1. The zero-order valence-electron chi connectivity index (χ0n) is 23.2. The van der Waals surface area contributed by atoms with Crippen molar-refractivity contribution in [2.45, 2.75) is 47.7 Å². The number of aromatic nitrogens is 4. The summed E-state index contributed by atoms with van der Waals surface area (Å²) in [5.74, 6) is 0.740. The molecule has 0 saturated heterocycles. The maximum absolute atomic E-state index is 13.4. The van der Waals surface area contributed by atoms with E-state index < -0.39 is 8.38 Å². The monoisotopic (exact) mass is 558 g/mol. The molecule has 0 spiro atoms. The zero-order valence-corrected chi connectivity index (χ0v) is 24.1. The van der Waals surface area contributed by atoms with E-state index in [0.717, 1.165) is 27.5 Å². The topological polar surface area (TPSA) is 120 Å². The van der Waals surface area contributed by atoms with Crippen LogP contribution in [0.3, 0.4) is 0 Å². The summed E-state index contributed by atoms with van der Waals surface area (Å²) in [6.07, 6.45) is 0. The number of benzene rings is 2. The molecule has 206 valence electrons. The van der Waals surface area contributed by atoms with Crippen molar-refractivity contribution in [1.82, 2.24) is 19.3 Å². The summed E-state index contributed by atoms with van der Waals surface area (Å²) in [5.41, 5.74) is 4.46. The van der Waals surface area contributed by atoms with Gasteiger partial charge in [-0.1, -0.05) is 12.1 Å². The van der Waals surface area contributed by atoms with Crippen LogP contribution in [-0.4, -0.2) is 38.5 Å². The maximum atomic E-state index is 13.4. The molecule has 0 aliphatic heterocycles. The molecule has 40 heavy (non-hydrogen) atoms. The standard InChI is InChI=1S/C29H31N6O4P/c1-6-35-25(13-18(4)33-35)28(36)32-29-31-24-15-21(16-30)27-23(14-19(5)39-27)26(24)34(29)17-20-9-11-22(12-10-20)40(37-7-2)38-8-3/h9-15H,6-8,17H2,1-5H3,(H,31,32,36). The third kappa shape index (κ3) is 5.24. The lowest BCUT2D eigenvalue weighted by Crippen LogP contribution is -2.20. The van der Waals surface area contributed by atoms with Gasteiger partial charge in [-0.15, -0.1) is 0 Å². The third-order valence-electron chi connectivity index (χ3n) is 6.39. The number of fused-ring (bicyclic) bond motifs is 3. The summed E-state index contributed by atoms with van der Waals surface area (Å²) in [7, 11) is -1.15. The van der Waals surface area contributed by atoms with E-state index in [2.05, 4.69) is 16.5 Å². The van der Waals surface area contributed by atoms with Crippen LogP contribution < -0.4 is 10.6 Å². The lowest BCUT2D eigenvalue weighted by atomic mass is 10.1. The Morgan fingerprint density at radius 1 is 1.10 bits per heavy atom. The van der Waals surface area contributed by atoms with Crippen LogP contribution in [0.2, 0.25) is 0 Å². The van der Waals surface area contributed by atoms with Crippen molar-refractivity contribution in [2.75, 3.05) is 18.5 Å². The number of rotatable bonds is 10. The first kappa shape index (κ1) is 27.5. The minimum atomic E-state index is -1.15. The first-order valence-corrected chi connectivity index (χ1v) is 14.4.